The normalized spacial score (nSPS) is 10.2. The van der Waals surface area contributed by atoms with Gasteiger partial charge in [0.15, 0.2) is 0 Å². The van der Waals surface area contributed by atoms with Gasteiger partial charge in [0, 0.05) is 12.1 Å². The molecule has 1 aromatic heterocycles. The van der Waals surface area contributed by atoms with Gasteiger partial charge in [0.05, 0.1) is 11.3 Å². The van der Waals surface area contributed by atoms with E-state index in [4.69, 9.17) is 9.26 Å². The number of nitrogens with one attached hydrogen (secondary N) is 1. The zero-order chi connectivity index (χ0) is 15.2. The predicted molar refractivity (Wildman–Crippen MR) is 79.3 cm³/mol. The number of aryl methyl sites for hydroxylation is 2. The quantitative estimate of drug-likeness (QED) is 0.829. The molecule has 0 bridgehead atoms. The lowest BCUT2D eigenvalue weighted by molar-refractivity contribution is 0.0958. The Morgan fingerprint density at radius 2 is 2.10 bits per heavy atom. The molecule has 0 radical (unpaired) electrons. The summed E-state index contributed by atoms with van der Waals surface area (Å²) in [6, 6.07) is 6.98. The fourth-order valence-electron chi connectivity index (χ4n) is 1.83. The van der Waals surface area contributed by atoms with Gasteiger partial charge in [0.25, 0.3) is 5.91 Å². The second-order valence-corrected chi connectivity index (χ2v) is 4.61. The molecule has 0 atom stereocenters. The number of ether oxygens (including phenoxy) is 1. The molecule has 0 saturated heterocycles. The van der Waals surface area contributed by atoms with Gasteiger partial charge in [-0.2, -0.15) is 0 Å². The first kappa shape index (κ1) is 14.8. The molecule has 1 aromatic carbocycles. The molecule has 2 aromatic rings. The van der Waals surface area contributed by atoms with Gasteiger partial charge >= 0.3 is 0 Å². The third-order valence-corrected chi connectivity index (χ3v) is 3.09. The van der Waals surface area contributed by atoms with Crippen LogP contribution >= 0.6 is 0 Å². The third-order valence-electron chi connectivity index (χ3n) is 3.09. The predicted octanol–water partition coefficient (Wildman–Crippen LogP) is 2.79. The summed E-state index contributed by atoms with van der Waals surface area (Å²) in [6.45, 7) is 8.13. The standard InChI is InChI=1S/C16H18N2O3/c1-4-9-17-16(19)13-5-7-14(8-6-13)20-10-15-11(2)18-21-12(15)3/h4-8H,1,9-10H2,2-3H3,(H,17,19). The largest absolute Gasteiger partial charge is 0.489 e. The number of carbonyl (C=O) groups excluding carboxylic acids is 1. The summed E-state index contributed by atoms with van der Waals surface area (Å²) in [4.78, 5) is 11.7. The molecule has 0 fully saturated rings. The van der Waals surface area contributed by atoms with Gasteiger partial charge < -0.3 is 14.6 Å². The third kappa shape index (κ3) is 3.72. The Morgan fingerprint density at radius 3 is 2.67 bits per heavy atom. The first-order valence-electron chi connectivity index (χ1n) is 6.65. The van der Waals surface area contributed by atoms with E-state index in [1.165, 1.54) is 0 Å². The summed E-state index contributed by atoms with van der Waals surface area (Å²) in [5, 5.41) is 6.60. The van der Waals surface area contributed by atoms with Crippen LogP contribution in [0.5, 0.6) is 5.75 Å². The molecule has 5 heteroatoms. The number of nitrogens with zero attached hydrogens (tertiary/aromatic N) is 1. The maximum Gasteiger partial charge on any atom is 0.251 e. The highest BCUT2D eigenvalue weighted by Gasteiger charge is 2.10. The second kappa shape index (κ2) is 6.74. The average molecular weight is 286 g/mol. The number of aromatic nitrogens is 1. The molecule has 1 heterocycles. The molecule has 1 amide bonds. The van der Waals surface area contributed by atoms with Crippen LogP contribution in [0.1, 0.15) is 27.4 Å². The Kier molecular flexibility index (Phi) is 4.77. The minimum absolute atomic E-state index is 0.132. The first-order valence-corrected chi connectivity index (χ1v) is 6.65. The first-order chi connectivity index (χ1) is 10.1. The zero-order valence-electron chi connectivity index (χ0n) is 12.2. The van der Waals surface area contributed by atoms with Crippen molar-refractivity contribution in [1.82, 2.24) is 10.5 Å². The maximum atomic E-state index is 11.7. The summed E-state index contributed by atoms with van der Waals surface area (Å²) >= 11 is 0. The molecule has 0 aliphatic heterocycles. The summed E-state index contributed by atoms with van der Waals surface area (Å²) in [5.41, 5.74) is 2.36. The van der Waals surface area contributed by atoms with E-state index in [1.807, 2.05) is 13.8 Å². The number of carbonyl (C=O) groups is 1. The molecule has 21 heavy (non-hydrogen) atoms. The van der Waals surface area contributed by atoms with E-state index in [-0.39, 0.29) is 5.91 Å². The van der Waals surface area contributed by atoms with Crippen molar-refractivity contribution in [3.05, 3.63) is 59.5 Å². The second-order valence-electron chi connectivity index (χ2n) is 4.61. The van der Waals surface area contributed by atoms with Crippen molar-refractivity contribution in [1.29, 1.82) is 0 Å². The van der Waals surface area contributed by atoms with E-state index < -0.39 is 0 Å². The lowest BCUT2D eigenvalue weighted by Gasteiger charge is -2.07. The van der Waals surface area contributed by atoms with Gasteiger partial charge in [-0.1, -0.05) is 11.2 Å². The topological polar surface area (TPSA) is 64.4 Å². The molecule has 0 unspecified atom stereocenters. The lowest BCUT2D eigenvalue weighted by Crippen LogP contribution is -2.22. The van der Waals surface area contributed by atoms with Crippen molar-refractivity contribution in [2.45, 2.75) is 20.5 Å². The van der Waals surface area contributed by atoms with E-state index >= 15 is 0 Å². The maximum absolute atomic E-state index is 11.7. The number of hydrogen-bond acceptors (Lipinski definition) is 4. The van der Waals surface area contributed by atoms with Crippen LogP contribution in [0.3, 0.4) is 0 Å². The van der Waals surface area contributed by atoms with E-state index in [2.05, 4.69) is 17.1 Å². The molecular formula is C16H18N2O3. The van der Waals surface area contributed by atoms with Crippen molar-refractivity contribution >= 4 is 5.91 Å². The summed E-state index contributed by atoms with van der Waals surface area (Å²) in [5.74, 6) is 1.32. The van der Waals surface area contributed by atoms with Crippen molar-refractivity contribution in [3.63, 3.8) is 0 Å². The van der Waals surface area contributed by atoms with Crippen LogP contribution in [0.15, 0.2) is 41.4 Å². The van der Waals surface area contributed by atoms with Gasteiger partial charge in [-0.15, -0.1) is 6.58 Å². The van der Waals surface area contributed by atoms with Gasteiger partial charge in [0.2, 0.25) is 0 Å². The van der Waals surface area contributed by atoms with E-state index in [1.54, 1.807) is 30.3 Å². The fraction of sp³-hybridized carbons (Fsp3) is 0.250. The van der Waals surface area contributed by atoms with Gasteiger partial charge in [-0.3, -0.25) is 4.79 Å². The van der Waals surface area contributed by atoms with Crippen LogP contribution in [-0.2, 0) is 6.61 Å². The Bertz CT molecular complexity index is 610. The van der Waals surface area contributed by atoms with E-state index in [9.17, 15) is 4.79 Å². The molecule has 0 saturated carbocycles. The Balaban J connectivity index is 1.96. The van der Waals surface area contributed by atoms with Gasteiger partial charge in [-0.05, 0) is 38.1 Å². The monoisotopic (exact) mass is 286 g/mol. The Morgan fingerprint density at radius 1 is 1.38 bits per heavy atom. The molecule has 5 nitrogen and oxygen atoms in total. The SMILES string of the molecule is C=CCNC(=O)c1ccc(OCc2c(C)noc2C)cc1. The molecule has 2 rings (SSSR count). The molecule has 1 N–H and O–H groups in total. The molecule has 0 aliphatic rings. The van der Waals surface area contributed by atoms with E-state index in [0.29, 0.717) is 24.5 Å². The minimum Gasteiger partial charge on any atom is -0.489 e. The zero-order valence-corrected chi connectivity index (χ0v) is 12.2. The van der Waals surface area contributed by atoms with Crippen LogP contribution in [0.2, 0.25) is 0 Å². The highest BCUT2D eigenvalue weighted by Crippen LogP contribution is 2.17. The Labute approximate surface area is 123 Å². The molecule has 110 valence electrons. The van der Waals surface area contributed by atoms with Gasteiger partial charge in [-0.25, -0.2) is 0 Å². The van der Waals surface area contributed by atoms with Crippen molar-refractivity contribution in [3.8, 4) is 5.75 Å². The smallest absolute Gasteiger partial charge is 0.251 e. The summed E-state index contributed by atoms with van der Waals surface area (Å²) in [6.07, 6.45) is 1.64. The van der Waals surface area contributed by atoms with E-state index in [0.717, 1.165) is 17.0 Å². The lowest BCUT2D eigenvalue weighted by atomic mass is 10.2. The van der Waals surface area contributed by atoms with Crippen molar-refractivity contribution in [2.24, 2.45) is 0 Å². The van der Waals surface area contributed by atoms with Gasteiger partial charge in [0.1, 0.15) is 18.1 Å². The number of rotatable bonds is 6. The number of amides is 1. The summed E-state index contributed by atoms with van der Waals surface area (Å²) < 4.78 is 10.8. The number of hydrogen-bond donors (Lipinski definition) is 1. The number of benzene rings is 1. The van der Waals surface area contributed by atoms with Crippen molar-refractivity contribution in [2.75, 3.05) is 6.54 Å². The van der Waals surface area contributed by atoms with Crippen LogP contribution in [0.25, 0.3) is 0 Å². The average Bonchev–Trinajstić information content (AvgIpc) is 2.82. The van der Waals surface area contributed by atoms with Crippen LogP contribution in [0, 0.1) is 13.8 Å². The highest BCUT2D eigenvalue weighted by molar-refractivity contribution is 5.94. The van der Waals surface area contributed by atoms with Crippen molar-refractivity contribution < 1.29 is 14.1 Å². The van der Waals surface area contributed by atoms with Crippen LogP contribution in [0.4, 0.5) is 0 Å². The van der Waals surface area contributed by atoms with Crippen LogP contribution in [-0.4, -0.2) is 17.6 Å². The summed E-state index contributed by atoms with van der Waals surface area (Å²) in [7, 11) is 0. The van der Waals surface area contributed by atoms with Crippen LogP contribution < -0.4 is 10.1 Å². The molecule has 0 aliphatic carbocycles. The minimum atomic E-state index is -0.132. The fourth-order valence-corrected chi connectivity index (χ4v) is 1.83. The molecule has 0 spiro atoms. The highest BCUT2D eigenvalue weighted by atomic mass is 16.5. The molecular weight excluding hydrogens is 268 g/mol. The Hall–Kier alpha value is -2.56.